The molecule has 0 atom stereocenters. The number of benzene rings is 1. The van der Waals surface area contributed by atoms with Crippen molar-refractivity contribution >= 4 is 5.69 Å². The molecule has 0 fully saturated rings. The first-order valence-corrected chi connectivity index (χ1v) is 3.56. The summed E-state index contributed by atoms with van der Waals surface area (Å²) in [6.07, 6.45) is 0. The molecule has 0 saturated carbocycles. The highest BCUT2D eigenvalue weighted by Crippen LogP contribution is 2.13. The molecule has 1 aromatic carbocycles. The summed E-state index contributed by atoms with van der Waals surface area (Å²) in [6.45, 7) is 1.68. The molecule has 1 aromatic rings. The molecule has 4 nitrogen and oxygen atoms in total. The van der Waals surface area contributed by atoms with Gasteiger partial charge in [-0.25, -0.2) is 0 Å². The summed E-state index contributed by atoms with van der Waals surface area (Å²) in [5, 5.41) is 10.2. The molecule has 0 aliphatic heterocycles. The van der Waals surface area contributed by atoms with Crippen molar-refractivity contribution in [2.75, 3.05) is 5.73 Å². The summed E-state index contributed by atoms with van der Waals surface area (Å²) in [6, 6.07) is 5.26. The Labute approximate surface area is 70.2 Å². The van der Waals surface area contributed by atoms with Gasteiger partial charge in [-0.15, -0.1) is 0 Å². The fourth-order valence-electron chi connectivity index (χ4n) is 1.01. The Hall–Kier alpha value is -1.58. The average molecular weight is 166 g/mol. The second-order valence-corrected chi connectivity index (χ2v) is 2.69. The summed E-state index contributed by atoms with van der Waals surface area (Å²) in [5.41, 5.74) is 7.59. The lowest BCUT2D eigenvalue weighted by Crippen LogP contribution is -2.02. The number of anilines is 1. The van der Waals surface area contributed by atoms with Gasteiger partial charge in [-0.1, -0.05) is 11.6 Å². The van der Waals surface area contributed by atoms with Gasteiger partial charge in [-0.2, -0.15) is 0 Å². The molecule has 0 unspecified atom stereocenters. The highest BCUT2D eigenvalue weighted by molar-refractivity contribution is 5.47. The summed E-state index contributed by atoms with van der Waals surface area (Å²) in [7, 11) is 0. The van der Waals surface area contributed by atoms with Crippen LogP contribution in [0.1, 0.15) is 11.1 Å². The predicted molar refractivity (Wildman–Crippen MR) is 46.3 cm³/mol. The van der Waals surface area contributed by atoms with Crippen molar-refractivity contribution in [3.63, 3.8) is 0 Å². The van der Waals surface area contributed by atoms with Crippen LogP contribution in [0.5, 0.6) is 0 Å². The van der Waals surface area contributed by atoms with Gasteiger partial charge in [0.05, 0.1) is 0 Å². The van der Waals surface area contributed by atoms with Gasteiger partial charge in [0.25, 0.3) is 0 Å². The van der Waals surface area contributed by atoms with Gasteiger partial charge in [-0.3, -0.25) is 10.1 Å². The van der Waals surface area contributed by atoms with Gasteiger partial charge in [0.1, 0.15) is 0 Å². The highest BCUT2D eigenvalue weighted by Gasteiger charge is 2.05. The Bertz CT molecular complexity index is 310. The van der Waals surface area contributed by atoms with Crippen LogP contribution < -0.4 is 5.73 Å². The summed E-state index contributed by atoms with van der Waals surface area (Å²) in [5.74, 6) is 0. The first-order chi connectivity index (χ1) is 5.59. The maximum atomic E-state index is 10.2. The number of hydrogen-bond donors (Lipinski definition) is 1. The SMILES string of the molecule is Cc1ccc(N)c(C[N+](=O)[O-])c1. The first kappa shape index (κ1) is 8.52. The molecule has 0 aliphatic rings. The van der Waals surface area contributed by atoms with Crippen LogP contribution in [0.25, 0.3) is 0 Å². The van der Waals surface area contributed by atoms with Crippen molar-refractivity contribution in [2.24, 2.45) is 0 Å². The smallest absolute Gasteiger partial charge is 0.230 e. The Morgan fingerprint density at radius 2 is 2.25 bits per heavy atom. The van der Waals surface area contributed by atoms with E-state index in [0.29, 0.717) is 11.3 Å². The molecule has 0 spiro atoms. The summed E-state index contributed by atoms with van der Waals surface area (Å²) >= 11 is 0. The Morgan fingerprint density at radius 3 is 2.83 bits per heavy atom. The standard InChI is InChI=1S/C8H10N2O2/c1-6-2-3-8(9)7(4-6)5-10(11)12/h2-4H,5,9H2,1H3. The number of rotatable bonds is 2. The van der Waals surface area contributed by atoms with Crippen LogP contribution in [-0.4, -0.2) is 4.92 Å². The number of nitrogens with zero attached hydrogens (tertiary/aromatic N) is 1. The number of aryl methyl sites for hydroxylation is 1. The lowest BCUT2D eigenvalue weighted by molar-refractivity contribution is -0.496. The minimum atomic E-state index is -0.384. The van der Waals surface area contributed by atoms with E-state index in [0.717, 1.165) is 5.56 Å². The molecule has 2 N–H and O–H groups in total. The van der Waals surface area contributed by atoms with E-state index >= 15 is 0 Å². The van der Waals surface area contributed by atoms with Crippen molar-refractivity contribution in [3.8, 4) is 0 Å². The fraction of sp³-hybridized carbons (Fsp3) is 0.250. The number of hydrogen-bond acceptors (Lipinski definition) is 3. The Balaban J connectivity index is 2.97. The average Bonchev–Trinajstić information content (AvgIpc) is 1.96. The van der Waals surface area contributed by atoms with E-state index in [4.69, 9.17) is 5.73 Å². The van der Waals surface area contributed by atoms with Gasteiger partial charge in [0.15, 0.2) is 0 Å². The molecule has 0 saturated heterocycles. The molecular formula is C8H10N2O2. The Morgan fingerprint density at radius 1 is 1.58 bits per heavy atom. The second kappa shape index (κ2) is 3.21. The largest absolute Gasteiger partial charge is 0.398 e. The van der Waals surface area contributed by atoms with E-state index in [1.54, 1.807) is 12.1 Å². The van der Waals surface area contributed by atoms with Gasteiger partial charge < -0.3 is 5.73 Å². The van der Waals surface area contributed by atoms with Gasteiger partial charge >= 0.3 is 0 Å². The lowest BCUT2D eigenvalue weighted by atomic mass is 10.1. The van der Waals surface area contributed by atoms with E-state index in [-0.39, 0.29) is 11.5 Å². The van der Waals surface area contributed by atoms with E-state index in [9.17, 15) is 10.1 Å². The Kier molecular flexibility index (Phi) is 2.28. The van der Waals surface area contributed by atoms with Crippen molar-refractivity contribution < 1.29 is 4.92 Å². The van der Waals surface area contributed by atoms with Crippen LogP contribution in [0.4, 0.5) is 5.69 Å². The molecular weight excluding hydrogens is 156 g/mol. The normalized spacial score (nSPS) is 9.75. The van der Waals surface area contributed by atoms with Gasteiger partial charge in [0, 0.05) is 16.2 Å². The summed E-state index contributed by atoms with van der Waals surface area (Å²) in [4.78, 5) is 9.80. The quantitative estimate of drug-likeness (QED) is 0.409. The lowest BCUT2D eigenvalue weighted by Gasteiger charge is -2.01. The van der Waals surface area contributed by atoms with Gasteiger partial charge in [-0.05, 0) is 19.1 Å². The topological polar surface area (TPSA) is 69.2 Å². The van der Waals surface area contributed by atoms with Crippen LogP contribution in [0.3, 0.4) is 0 Å². The number of nitrogens with two attached hydrogens (primary N) is 1. The van der Waals surface area contributed by atoms with Crippen molar-refractivity contribution in [1.82, 2.24) is 0 Å². The fourth-order valence-corrected chi connectivity index (χ4v) is 1.01. The summed E-state index contributed by atoms with van der Waals surface area (Å²) < 4.78 is 0. The molecule has 64 valence electrons. The van der Waals surface area contributed by atoms with E-state index in [1.165, 1.54) is 0 Å². The van der Waals surface area contributed by atoms with E-state index in [1.807, 2.05) is 13.0 Å². The van der Waals surface area contributed by atoms with Crippen LogP contribution in [0, 0.1) is 17.0 Å². The number of nitrogen functional groups attached to an aromatic ring is 1. The maximum Gasteiger partial charge on any atom is 0.230 e. The van der Waals surface area contributed by atoms with Crippen LogP contribution in [0.2, 0.25) is 0 Å². The first-order valence-electron chi connectivity index (χ1n) is 3.56. The van der Waals surface area contributed by atoms with Crippen molar-refractivity contribution in [3.05, 3.63) is 39.4 Å². The minimum absolute atomic E-state index is 0.201. The zero-order chi connectivity index (χ0) is 9.14. The molecule has 0 aromatic heterocycles. The van der Waals surface area contributed by atoms with E-state index < -0.39 is 0 Å². The molecule has 0 heterocycles. The molecule has 4 heteroatoms. The zero-order valence-electron chi connectivity index (χ0n) is 6.78. The molecule has 0 aliphatic carbocycles. The third kappa shape index (κ3) is 1.95. The monoisotopic (exact) mass is 166 g/mol. The molecule has 1 rings (SSSR count). The third-order valence-corrected chi connectivity index (χ3v) is 1.60. The molecule has 0 bridgehead atoms. The van der Waals surface area contributed by atoms with Crippen molar-refractivity contribution in [2.45, 2.75) is 13.5 Å². The third-order valence-electron chi connectivity index (χ3n) is 1.60. The highest BCUT2D eigenvalue weighted by atomic mass is 16.6. The maximum absolute atomic E-state index is 10.2. The molecule has 12 heavy (non-hydrogen) atoms. The number of nitro groups is 1. The van der Waals surface area contributed by atoms with Crippen LogP contribution in [0.15, 0.2) is 18.2 Å². The second-order valence-electron chi connectivity index (χ2n) is 2.69. The van der Waals surface area contributed by atoms with Crippen LogP contribution in [-0.2, 0) is 6.54 Å². The molecule has 0 radical (unpaired) electrons. The predicted octanol–water partition coefficient (Wildman–Crippen LogP) is 1.35. The van der Waals surface area contributed by atoms with E-state index in [2.05, 4.69) is 0 Å². The minimum Gasteiger partial charge on any atom is -0.398 e. The van der Waals surface area contributed by atoms with Crippen molar-refractivity contribution in [1.29, 1.82) is 0 Å². The van der Waals surface area contributed by atoms with Crippen LogP contribution >= 0.6 is 0 Å². The van der Waals surface area contributed by atoms with Gasteiger partial charge in [0.2, 0.25) is 6.54 Å². The zero-order valence-corrected chi connectivity index (χ0v) is 6.78. The molecule has 0 amide bonds.